The SMILES string of the molecule is O=C(O)c1c(OCCCN2CCCC2)cccc1[N+](=O)[O-]. The number of benzene rings is 1. The van der Waals surface area contributed by atoms with E-state index in [2.05, 4.69) is 4.90 Å². The third-order valence-electron chi connectivity index (χ3n) is 3.49. The molecule has 0 aliphatic carbocycles. The maximum Gasteiger partial charge on any atom is 0.346 e. The van der Waals surface area contributed by atoms with Crippen molar-refractivity contribution >= 4 is 11.7 Å². The molecule has 0 aromatic heterocycles. The van der Waals surface area contributed by atoms with Crippen LogP contribution in [0, 0.1) is 10.1 Å². The van der Waals surface area contributed by atoms with E-state index >= 15 is 0 Å². The Morgan fingerprint density at radius 2 is 2.10 bits per heavy atom. The fourth-order valence-electron chi connectivity index (χ4n) is 2.48. The Hall–Kier alpha value is -2.15. The van der Waals surface area contributed by atoms with Crippen LogP contribution in [0.15, 0.2) is 18.2 Å². The number of ether oxygens (including phenoxy) is 1. The molecule has 0 bridgehead atoms. The largest absolute Gasteiger partial charge is 0.492 e. The van der Waals surface area contributed by atoms with Gasteiger partial charge in [-0.3, -0.25) is 10.1 Å². The third-order valence-corrected chi connectivity index (χ3v) is 3.49. The molecule has 0 amide bonds. The molecule has 1 fully saturated rings. The lowest BCUT2D eigenvalue weighted by Gasteiger charge is -2.15. The molecule has 1 aromatic rings. The number of nitrogens with zero attached hydrogens (tertiary/aromatic N) is 2. The van der Waals surface area contributed by atoms with Gasteiger partial charge in [-0.25, -0.2) is 4.79 Å². The molecule has 2 rings (SSSR count). The smallest absolute Gasteiger partial charge is 0.346 e. The van der Waals surface area contributed by atoms with E-state index in [-0.39, 0.29) is 11.3 Å². The van der Waals surface area contributed by atoms with Gasteiger partial charge in [0.15, 0.2) is 5.56 Å². The first-order valence-corrected chi connectivity index (χ1v) is 6.95. The summed E-state index contributed by atoms with van der Waals surface area (Å²) in [6, 6.07) is 4.05. The van der Waals surface area contributed by atoms with E-state index in [0.29, 0.717) is 6.61 Å². The first-order valence-electron chi connectivity index (χ1n) is 6.95. The van der Waals surface area contributed by atoms with E-state index in [1.165, 1.54) is 31.0 Å². The zero-order valence-electron chi connectivity index (χ0n) is 11.7. The lowest BCUT2D eigenvalue weighted by Crippen LogP contribution is -2.22. The molecule has 0 spiro atoms. The van der Waals surface area contributed by atoms with Crippen molar-refractivity contribution < 1.29 is 19.6 Å². The Labute approximate surface area is 122 Å². The first-order chi connectivity index (χ1) is 10.1. The maximum atomic E-state index is 11.2. The van der Waals surface area contributed by atoms with E-state index in [1.54, 1.807) is 0 Å². The van der Waals surface area contributed by atoms with Gasteiger partial charge < -0.3 is 14.7 Å². The van der Waals surface area contributed by atoms with Crippen LogP contribution in [-0.2, 0) is 0 Å². The van der Waals surface area contributed by atoms with Crippen molar-refractivity contribution in [3.63, 3.8) is 0 Å². The fourth-order valence-corrected chi connectivity index (χ4v) is 2.48. The Balaban J connectivity index is 1.97. The molecule has 21 heavy (non-hydrogen) atoms. The highest BCUT2D eigenvalue weighted by Gasteiger charge is 2.24. The van der Waals surface area contributed by atoms with Crippen molar-refractivity contribution in [3.05, 3.63) is 33.9 Å². The monoisotopic (exact) mass is 294 g/mol. The van der Waals surface area contributed by atoms with Crippen molar-refractivity contribution in [1.29, 1.82) is 0 Å². The van der Waals surface area contributed by atoms with Crippen LogP contribution in [0.1, 0.15) is 29.6 Å². The number of aromatic carboxylic acids is 1. The Morgan fingerprint density at radius 3 is 2.71 bits per heavy atom. The van der Waals surface area contributed by atoms with Gasteiger partial charge in [0.25, 0.3) is 5.69 Å². The average molecular weight is 294 g/mol. The van der Waals surface area contributed by atoms with E-state index in [1.807, 2.05) is 0 Å². The van der Waals surface area contributed by atoms with Crippen LogP contribution in [0.2, 0.25) is 0 Å². The Morgan fingerprint density at radius 1 is 1.38 bits per heavy atom. The average Bonchev–Trinajstić information content (AvgIpc) is 2.96. The number of carboxylic acids is 1. The number of carbonyl (C=O) groups is 1. The maximum absolute atomic E-state index is 11.2. The summed E-state index contributed by atoms with van der Waals surface area (Å²) in [5.41, 5.74) is -0.830. The van der Waals surface area contributed by atoms with Crippen LogP contribution in [0.5, 0.6) is 5.75 Å². The van der Waals surface area contributed by atoms with E-state index < -0.39 is 16.6 Å². The van der Waals surface area contributed by atoms with E-state index in [4.69, 9.17) is 9.84 Å². The molecule has 0 unspecified atom stereocenters. The van der Waals surface area contributed by atoms with Gasteiger partial charge in [0.05, 0.1) is 11.5 Å². The number of nitro groups is 1. The summed E-state index contributed by atoms with van der Waals surface area (Å²) in [7, 11) is 0. The summed E-state index contributed by atoms with van der Waals surface area (Å²) < 4.78 is 5.44. The van der Waals surface area contributed by atoms with Crippen LogP contribution in [0.25, 0.3) is 0 Å². The number of nitro benzene ring substituents is 1. The summed E-state index contributed by atoms with van der Waals surface area (Å²) in [6.45, 7) is 3.43. The van der Waals surface area contributed by atoms with Crippen molar-refractivity contribution in [2.24, 2.45) is 0 Å². The highest BCUT2D eigenvalue weighted by Crippen LogP contribution is 2.28. The predicted molar refractivity (Wildman–Crippen MR) is 75.8 cm³/mol. The Bertz CT molecular complexity index is 526. The summed E-state index contributed by atoms with van der Waals surface area (Å²) >= 11 is 0. The molecule has 1 saturated heterocycles. The fraction of sp³-hybridized carbons (Fsp3) is 0.500. The van der Waals surface area contributed by atoms with Gasteiger partial charge in [-0.05, 0) is 38.4 Å². The first kappa shape index (κ1) is 15.2. The minimum atomic E-state index is -1.35. The molecule has 7 heteroatoms. The summed E-state index contributed by atoms with van der Waals surface area (Å²) in [5, 5.41) is 20.0. The topological polar surface area (TPSA) is 92.9 Å². The second-order valence-electron chi connectivity index (χ2n) is 4.96. The van der Waals surface area contributed by atoms with Crippen molar-refractivity contribution in [1.82, 2.24) is 4.90 Å². The van der Waals surface area contributed by atoms with Gasteiger partial charge in [-0.15, -0.1) is 0 Å². The minimum absolute atomic E-state index is 0.0538. The van der Waals surface area contributed by atoms with Crippen LogP contribution in [-0.4, -0.2) is 47.1 Å². The summed E-state index contributed by atoms with van der Waals surface area (Å²) in [5.74, 6) is -1.30. The normalized spacial score (nSPS) is 15.0. The van der Waals surface area contributed by atoms with Crippen LogP contribution in [0.3, 0.4) is 0 Å². The van der Waals surface area contributed by atoms with Crippen LogP contribution in [0.4, 0.5) is 5.69 Å². The molecule has 0 saturated carbocycles. The zero-order valence-corrected chi connectivity index (χ0v) is 11.7. The van der Waals surface area contributed by atoms with Crippen molar-refractivity contribution in [3.8, 4) is 5.75 Å². The number of hydrogen-bond acceptors (Lipinski definition) is 5. The molecular weight excluding hydrogens is 276 g/mol. The summed E-state index contributed by atoms with van der Waals surface area (Å²) in [4.78, 5) is 23.7. The molecule has 7 nitrogen and oxygen atoms in total. The zero-order chi connectivity index (χ0) is 15.2. The highest BCUT2D eigenvalue weighted by molar-refractivity contribution is 5.95. The molecule has 1 heterocycles. The molecule has 1 N–H and O–H groups in total. The van der Waals surface area contributed by atoms with Crippen molar-refractivity contribution in [2.45, 2.75) is 19.3 Å². The lowest BCUT2D eigenvalue weighted by molar-refractivity contribution is -0.385. The standard InChI is InChI=1S/C14H18N2O5/c17-14(18)13-11(16(19)20)5-3-6-12(13)21-10-4-9-15-7-1-2-8-15/h3,5-6H,1-2,4,7-10H2,(H,17,18). The Kier molecular flexibility index (Phi) is 5.10. The van der Waals surface area contributed by atoms with Gasteiger partial charge in [0.1, 0.15) is 5.75 Å². The summed E-state index contributed by atoms with van der Waals surface area (Å²) in [6.07, 6.45) is 3.20. The molecule has 1 aromatic carbocycles. The molecular formula is C14H18N2O5. The van der Waals surface area contributed by atoms with Gasteiger partial charge in [-0.1, -0.05) is 6.07 Å². The van der Waals surface area contributed by atoms with Gasteiger partial charge >= 0.3 is 5.97 Å². The van der Waals surface area contributed by atoms with Crippen LogP contribution >= 0.6 is 0 Å². The number of rotatable bonds is 7. The number of carboxylic acid groups (broad SMARTS) is 1. The number of hydrogen-bond donors (Lipinski definition) is 1. The lowest BCUT2D eigenvalue weighted by atomic mass is 10.1. The third kappa shape index (κ3) is 3.91. The molecule has 1 aliphatic heterocycles. The van der Waals surface area contributed by atoms with Crippen LogP contribution < -0.4 is 4.74 Å². The quantitative estimate of drug-likeness (QED) is 0.470. The predicted octanol–water partition coefficient (Wildman–Crippen LogP) is 2.16. The van der Waals surface area contributed by atoms with Gasteiger partial charge in [0.2, 0.25) is 0 Å². The van der Waals surface area contributed by atoms with Crippen molar-refractivity contribution in [2.75, 3.05) is 26.2 Å². The van der Waals surface area contributed by atoms with E-state index in [0.717, 1.165) is 26.1 Å². The van der Waals surface area contributed by atoms with Gasteiger partial charge in [-0.2, -0.15) is 0 Å². The second-order valence-corrected chi connectivity index (χ2v) is 4.96. The van der Waals surface area contributed by atoms with E-state index in [9.17, 15) is 14.9 Å². The highest BCUT2D eigenvalue weighted by atomic mass is 16.6. The minimum Gasteiger partial charge on any atom is -0.492 e. The number of likely N-dealkylation sites (tertiary alicyclic amines) is 1. The molecule has 114 valence electrons. The van der Waals surface area contributed by atoms with Gasteiger partial charge in [0, 0.05) is 12.6 Å². The molecule has 0 radical (unpaired) electrons. The molecule has 0 atom stereocenters. The second kappa shape index (κ2) is 7.03. The molecule has 1 aliphatic rings.